The van der Waals surface area contributed by atoms with Crippen molar-refractivity contribution in [1.29, 1.82) is 0 Å². The first-order valence-corrected chi connectivity index (χ1v) is 7.84. The Hall–Kier alpha value is -1.00. The molecule has 0 aromatic heterocycles. The molecule has 0 aliphatic carbocycles. The van der Waals surface area contributed by atoms with E-state index in [9.17, 15) is 4.79 Å². The van der Waals surface area contributed by atoms with Crippen LogP contribution in [0, 0.1) is 0 Å². The van der Waals surface area contributed by atoms with Crippen molar-refractivity contribution >= 4 is 17.7 Å². The number of hydrogen-bond acceptors (Lipinski definition) is 4. The minimum atomic E-state index is -0.284. The first-order chi connectivity index (χ1) is 9.08. The highest BCUT2D eigenvalue weighted by Gasteiger charge is 2.10. The zero-order chi connectivity index (χ0) is 14.3. The summed E-state index contributed by atoms with van der Waals surface area (Å²) in [7, 11) is 3.54. The molecular formula is C15H23NO2S. The lowest BCUT2D eigenvalue weighted by Gasteiger charge is -2.24. The molecule has 0 radical (unpaired) electrons. The molecule has 0 saturated heterocycles. The van der Waals surface area contributed by atoms with Crippen LogP contribution in [0.4, 0.5) is 0 Å². The molecule has 106 valence electrons. The van der Waals surface area contributed by atoms with Crippen LogP contribution in [0.2, 0.25) is 0 Å². The van der Waals surface area contributed by atoms with Gasteiger partial charge in [-0.05, 0) is 50.1 Å². The number of methoxy groups -OCH3 is 1. The maximum atomic E-state index is 11.3. The SMILES string of the molecule is COC(=O)c1ccc(CN(C)C(C)CCSC)cc1. The van der Waals surface area contributed by atoms with Crippen LogP contribution in [0.3, 0.4) is 0 Å². The van der Waals surface area contributed by atoms with E-state index in [2.05, 4.69) is 29.9 Å². The predicted octanol–water partition coefficient (Wildman–Crippen LogP) is 3.05. The maximum absolute atomic E-state index is 11.3. The largest absolute Gasteiger partial charge is 0.465 e. The molecule has 1 unspecified atom stereocenters. The van der Waals surface area contributed by atoms with Crippen LogP contribution >= 0.6 is 11.8 Å². The number of thioether (sulfide) groups is 1. The fraction of sp³-hybridized carbons (Fsp3) is 0.533. The number of ether oxygens (including phenoxy) is 1. The Morgan fingerprint density at radius 2 is 2.00 bits per heavy atom. The first-order valence-electron chi connectivity index (χ1n) is 6.45. The summed E-state index contributed by atoms with van der Waals surface area (Å²) in [5, 5.41) is 0. The van der Waals surface area contributed by atoms with E-state index in [0.29, 0.717) is 11.6 Å². The lowest BCUT2D eigenvalue weighted by Crippen LogP contribution is -2.29. The van der Waals surface area contributed by atoms with Gasteiger partial charge in [-0.1, -0.05) is 12.1 Å². The summed E-state index contributed by atoms with van der Waals surface area (Å²) in [6, 6.07) is 8.18. The second kappa shape index (κ2) is 8.23. The average Bonchev–Trinajstić information content (AvgIpc) is 2.44. The third-order valence-corrected chi connectivity index (χ3v) is 3.94. The topological polar surface area (TPSA) is 29.5 Å². The average molecular weight is 281 g/mol. The van der Waals surface area contributed by atoms with E-state index < -0.39 is 0 Å². The second-order valence-electron chi connectivity index (χ2n) is 4.73. The molecule has 19 heavy (non-hydrogen) atoms. The Labute approximate surface area is 120 Å². The summed E-state index contributed by atoms with van der Waals surface area (Å²) in [6.07, 6.45) is 3.33. The molecule has 0 heterocycles. The number of rotatable bonds is 7. The predicted molar refractivity (Wildman–Crippen MR) is 81.7 cm³/mol. The highest BCUT2D eigenvalue weighted by molar-refractivity contribution is 7.98. The van der Waals surface area contributed by atoms with Gasteiger partial charge in [0.2, 0.25) is 0 Å². The third kappa shape index (κ3) is 5.25. The summed E-state index contributed by atoms with van der Waals surface area (Å²) in [6.45, 7) is 3.15. The Balaban J connectivity index is 2.55. The second-order valence-corrected chi connectivity index (χ2v) is 5.72. The first kappa shape index (κ1) is 16.1. The van der Waals surface area contributed by atoms with Crippen molar-refractivity contribution in [2.45, 2.75) is 25.9 Å². The molecule has 4 heteroatoms. The quantitative estimate of drug-likeness (QED) is 0.719. The normalized spacial score (nSPS) is 12.5. The fourth-order valence-corrected chi connectivity index (χ4v) is 2.39. The van der Waals surface area contributed by atoms with Crippen LogP contribution in [-0.2, 0) is 11.3 Å². The van der Waals surface area contributed by atoms with Gasteiger partial charge in [-0.3, -0.25) is 4.90 Å². The molecule has 0 aliphatic heterocycles. The zero-order valence-corrected chi connectivity index (χ0v) is 13.0. The van der Waals surface area contributed by atoms with Crippen LogP contribution in [-0.4, -0.2) is 43.1 Å². The van der Waals surface area contributed by atoms with E-state index in [0.717, 1.165) is 6.54 Å². The van der Waals surface area contributed by atoms with Crippen LogP contribution in [0.1, 0.15) is 29.3 Å². The van der Waals surface area contributed by atoms with E-state index in [1.165, 1.54) is 24.8 Å². The number of carbonyl (C=O) groups excluding carboxylic acids is 1. The highest BCUT2D eigenvalue weighted by atomic mass is 32.2. The molecule has 0 fully saturated rings. The Morgan fingerprint density at radius 3 is 2.53 bits per heavy atom. The van der Waals surface area contributed by atoms with E-state index in [1.54, 1.807) is 0 Å². The molecule has 1 aromatic rings. The van der Waals surface area contributed by atoms with Crippen molar-refractivity contribution in [1.82, 2.24) is 4.90 Å². The maximum Gasteiger partial charge on any atom is 0.337 e. The molecule has 1 rings (SSSR count). The Bertz CT molecular complexity index is 392. The summed E-state index contributed by atoms with van der Waals surface area (Å²) in [4.78, 5) is 13.7. The van der Waals surface area contributed by atoms with Crippen molar-refractivity contribution in [2.75, 3.05) is 26.2 Å². The van der Waals surface area contributed by atoms with Crippen molar-refractivity contribution < 1.29 is 9.53 Å². The lowest BCUT2D eigenvalue weighted by atomic mass is 10.1. The van der Waals surface area contributed by atoms with Gasteiger partial charge in [0.25, 0.3) is 0 Å². The van der Waals surface area contributed by atoms with Crippen molar-refractivity contribution in [2.24, 2.45) is 0 Å². The van der Waals surface area contributed by atoms with Gasteiger partial charge in [0.05, 0.1) is 12.7 Å². The Morgan fingerprint density at radius 1 is 1.37 bits per heavy atom. The van der Waals surface area contributed by atoms with Crippen LogP contribution < -0.4 is 0 Å². The monoisotopic (exact) mass is 281 g/mol. The van der Waals surface area contributed by atoms with Gasteiger partial charge in [0.15, 0.2) is 0 Å². The standard InChI is InChI=1S/C15H23NO2S/c1-12(9-10-19-4)16(2)11-13-5-7-14(8-6-13)15(17)18-3/h5-8,12H,9-11H2,1-4H3. The summed E-state index contributed by atoms with van der Waals surface area (Å²) < 4.78 is 4.69. The fourth-order valence-electron chi connectivity index (χ4n) is 1.82. The summed E-state index contributed by atoms with van der Waals surface area (Å²) >= 11 is 1.88. The van der Waals surface area contributed by atoms with E-state index in [4.69, 9.17) is 0 Å². The van der Waals surface area contributed by atoms with Gasteiger partial charge in [-0.2, -0.15) is 11.8 Å². The van der Waals surface area contributed by atoms with Gasteiger partial charge in [-0.25, -0.2) is 4.79 Å². The highest BCUT2D eigenvalue weighted by Crippen LogP contribution is 2.12. The molecule has 3 nitrogen and oxygen atoms in total. The molecule has 1 aromatic carbocycles. The van der Waals surface area contributed by atoms with Gasteiger partial charge in [0.1, 0.15) is 0 Å². The van der Waals surface area contributed by atoms with Crippen LogP contribution in [0.15, 0.2) is 24.3 Å². The number of esters is 1. The van der Waals surface area contributed by atoms with Gasteiger partial charge in [0, 0.05) is 12.6 Å². The van der Waals surface area contributed by atoms with E-state index in [-0.39, 0.29) is 5.97 Å². The molecule has 0 N–H and O–H groups in total. The van der Waals surface area contributed by atoms with E-state index in [1.807, 2.05) is 36.0 Å². The Kier molecular flexibility index (Phi) is 6.95. The van der Waals surface area contributed by atoms with Gasteiger partial charge in [-0.15, -0.1) is 0 Å². The molecule has 0 bridgehead atoms. The van der Waals surface area contributed by atoms with Gasteiger partial charge >= 0.3 is 5.97 Å². The number of nitrogens with zero attached hydrogens (tertiary/aromatic N) is 1. The number of hydrogen-bond donors (Lipinski definition) is 0. The minimum Gasteiger partial charge on any atom is -0.465 e. The van der Waals surface area contributed by atoms with Crippen LogP contribution in [0.25, 0.3) is 0 Å². The molecule has 1 atom stereocenters. The van der Waals surface area contributed by atoms with Crippen molar-refractivity contribution in [3.63, 3.8) is 0 Å². The lowest BCUT2D eigenvalue weighted by molar-refractivity contribution is 0.0600. The van der Waals surface area contributed by atoms with Gasteiger partial charge < -0.3 is 4.74 Å². The smallest absolute Gasteiger partial charge is 0.337 e. The zero-order valence-electron chi connectivity index (χ0n) is 12.2. The molecular weight excluding hydrogens is 258 g/mol. The number of carbonyl (C=O) groups is 1. The van der Waals surface area contributed by atoms with Crippen molar-refractivity contribution in [3.8, 4) is 0 Å². The third-order valence-electron chi connectivity index (χ3n) is 3.30. The van der Waals surface area contributed by atoms with Crippen molar-refractivity contribution in [3.05, 3.63) is 35.4 Å². The number of benzene rings is 1. The summed E-state index contributed by atoms with van der Waals surface area (Å²) in [5.41, 5.74) is 1.82. The van der Waals surface area contributed by atoms with Crippen LogP contribution in [0.5, 0.6) is 0 Å². The molecule has 0 aliphatic rings. The molecule has 0 amide bonds. The molecule has 0 spiro atoms. The van der Waals surface area contributed by atoms with E-state index >= 15 is 0 Å². The summed E-state index contributed by atoms with van der Waals surface area (Å²) in [5.74, 6) is 0.903. The minimum absolute atomic E-state index is 0.284. The molecule has 0 saturated carbocycles.